The minimum Gasteiger partial charge on any atom is -0.494 e. The minimum absolute atomic E-state index is 0.0433. The SMILES string of the molecule is C=CC(=O)Nc1cccc(Nc2nc(Nc3ccc4c(c3OC)CN(C(C)=O)CC4)ncc2C)c1. The standard InChI is InChI=1S/C26H28N6O3/c1-5-23(34)28-19-7-6-8-20(13-19)29-25-16(2)14-27-26(31-25)30-22-10-9-18-11-12-32(17(3)33)15-21(18)24(22)35-4/h5-10,13-14H,1,11-12,15H2,2-4H3,(H,28,34)(H2,27,29,30,31). The Bertz CT molecular complexity index is 1290. The van der Waals surface area contributed by atoms with Gasteiger partial charge in [-0.15, -0.1) is 0 Å². The highest BCUT2D eigenvalue weighted by Gasteiger charge is 2.23. The zero-order valence-corrected chi connectivity index (χ0v) is 20.0. The van der Waals surface area contributed by atoms with Crippen molar-refractivity contribution in [3.63, 3.8) is 0 Å². The summed E-state index contributed by atoms with van der Waals surface area (Å²) in [5.41, 5.74) is 5.13. The summed E-state index contributed by atoms with van der Waals surface area (Å²) < 4.78 is 5.73. The molecular formula is C26H28N6O3. The average molecular weight is 473 g/mol. The maximum absolute atomic E-state index is 11.9. The lowest BCUT2D eigenvalue weighted by Crippen LogP contribution is -2.34. The Morgan fingerprint density at radius 2 is 1.97 bits per heavy atom. The van der Waals surface area contributed by atoms with Gasteiger partial charge >= 0.3 is 0 Å². The van der Waals surface area contributed by atoms with Crippen molar-refractivity contribution in [1.82, 2.24) is 14.9 Å². The summed E-state index contributed by atoms with van der Waals surface area (Å²) in [6.45, 7) is 8.17. The maximum Gasteiger partial charge on any atom is 0.247 e. The van der Waals surface area contributed by atoms with Crippen molar-refractivity contribution in [2.45, 2.75) is 26.8 Å². The number of carbonyl (C=O) groups excluding carboxylic acids is 2. The van der Waals surface area contributed by atoms with Crippen molar-refractivity contribution in [3.05, 3.63) is 71.9 Å². The van der Waals surface area contributed by atoms with E-state index in [0.717, 1.165) is 28.9 Å². The first-order valence-corrected chi connectivity index (χ1v) is 11.2. The largest absolute Gasteiger partial charge is 0.494 e. The van der Waals surface area contributed by atoms with Crippen LogP contribution in [0.1, 0.15) is 23.6 Å². The highest BCUT2D eigenvalue weighted by atomic mass is 16.5. The normalized spacial score (nSPS) is 12.4. The van der Waals surface area contributed by atoms with Gasteiger partial charge in [-0.05, 0) is 49.2 Å². The van der Waals surface area contributed by atoms with Crippen LogP contribution >= 0.6 is 0 Å². The number of benzene rings is 2. The highest BCUT2D eigenvalue weighted by molar-refractivity contribution is 5.99. The second kappa shape index (κ2) is 10.3. The Labute approximate surface area is 204 Å². The Kier molecular flexibility index (Phi) is 6.96. The van der Waals surface area contributed by atoms with Gasteiger partial charge < -0.3 is 25.6 Å². The molecule has 0 radical (unpaired) electrons. The molecule has 9 heteroatoms. The fourth-order valence-corrected chi connectivity index (χ4v) is 3.96. The van der Waals surface area contributed by atoms with Crippen LogP contribution in [0.25, 0.3) is 0 Å². The van der Waals surface area contributed by atoms with E-state index in [4.69, 9.17) is 4.74 Å². The van der Waals surface area contributed by atoms with E-state index in [0.29, 0.717) is 36.3 Å². The van der Waals surface area contributed by atoms with E-state index < -0.39 is 0 Å². The lowest BCUT2D eigenvalue weighted by Gasteiger charge is -2.30. The van der Waals surface area contributed by atoms with E-state index in [-0.39, 0.29) is 11.8 Å². The van der Waals surface area contributed by atoms with Gasteiger partial charge in [0.25, 0.3) is 0 Å². The van der Waals surface area contributed by atoms with Gasteiger partial charge in [0.2, 0.25) is 17.8 Å². The number of nitrogens with zero attached hydrogens (tertiary/aromatic N) is 3. The maximum atomic E-state index is 11.9. The molecule has 180 valence electrons. The van der Waals surface area contributed by atoms with Gasteiger partial charge in [-0.25, -0.2) is 4.98 Å². The van der Waals surface area contributed by atoms with Crippen molar-refractivity contribution in [2.75, 3.05) is 29.6 Å². The van der Waals surface area contributed by atoms with Gasteiger partial charge in [-0.1, -0.05) is 18.7 Å². The fourth-order valence-electron chi connectivity index (χ4n) is 3.96. The molecule has 0 unspecified atom stereocenters. The van der Waals surface area contributed by atoms with Crippen LogP contribution < -0.4 is 20.7 Å². The van der Waals surface area contributed by atoms with E-state index in [1.165, 1.54) is 11.6 Å². The monoisotopic (exact) mass is 472 g/mol. The number of rotatable bonds is 7. The van der Waals surface area contributed by atoms with Crippen LogP contribution in [-0.2, 0) is 22.6 Å². The number of hydrogen-bond donors (Lipinski definition) is 3. The molecule has 0 bridgehead atoms. The Balaban J connectivity index is 1.58. The summed E-state index contributed by atoms with van der Waals surface area (Å²) in [6.07, 6.45) is 3.73. The van der Waals surface area contributed by atoms with Gasteiger partial charge in [0.15, 0.2) is 0 Å². The summed E-state index contributed by atoms with van der Waals surface area (Å²) in [4.78, 5) is 34.4. The summed E-state index contributed by atoms with van der Waals surface area (Å²) in [6, 6.07) is 11.3. The molecule has 4 rings (SSSR count). The number of amides is 2. The average Bonchev–Trinajstić information content (AvgIpc) is 2.85. The first kappa shape index (κ1) is 23.7. The predicted molar refractivity (Wildman–Crippen MR) is 136 cm³/mol. The molecule has 0 aliphatic carbocycles. The second-order valence-corrected chi connectivity index (χ2v) is 8.22. The van der Waals surface area contributed by atoms with Crippen LogP contribution in [0.5, 0.6) is 5.75 Å². The number of carbonyl (C=O) groups is 2. The van der Waals surface area contributed by atoms with Gasteiger partial charge in [0, 0.05) is 48.7 Å². The third-order valence-electron chi connectivity index (χ3n) is 5.80. The number of ether oxygens (including phenoxy) is 1. The fraction of sp³-hybridized carbons (Fsp3) is 0.231. The first-order chi connectivity index (χ1) is 16.9. The van der Waals surface area contributed by atoms with Crippen molar-refractivity contribution in [3.8, 4) is 5.75 Å². The number of methoxy groups -OCH3 is 1. The summed E-state index contributed by atoms with van der Waals surface area (Å²) in [5.74, 6) is 1.46. The molecule has 1 aliphatic rings. The highest BCUT2D eigenvalue weighted by Crippen LogP contribution is 2.36. The van der Waals surface area contributed by atoms with Crippen molar-refractivity contribution >= 4 is 40.6 Å². The molecule has 0 spiro atoms. The lowest BCUT2D eigenvalue weighted by atomic mass is 9.97. The molecule has 35 heavy (non-hydrogen) atoms. The summed E-state index contributed by atoms with van der Waals surface area (Å²) >= 11 is 0. The van der Waals surface area contributed by atoms with Crippen LogP contribution in [0.4, 0.5) is 28.8 Å². The predicted octanol–water partition coefficient (Wildman–Crippen LogP) is 4.31. The zero-order valence-electron chi connectivity index (χ0n) is 20.0. The van der Waals surface area contributed by atoms with E-state index in [1.54, 1.807) is 26.3 Å². The van der Waals surface area contributed by atoms with E-state index in [9.17, 15) is 9.59 Å². The molecule has 3 aromatic rings. The van der Waals surface area contributed by atoms with Crippen LogP contribution in [0.2, 0.25) is 0 Å². The summed E-state index contributed by atoms with van der Waals surface area (Å²) in [7, 11) is 1.62. The van der Waals surface area contributed by atoms with Crippen molar-refractivity contribution < 1.29 is 14.3 Å². The number of anilines is 5. The molecular weight excluding hydrogens is 444 g/mol. The van der Waals surface area contributed by atoms with E-state index in [1.807, 2.05) is 42.2 Å². The lowest BCUT2D eigenvalue weighted by molar-refractivity contribution is -0.129. The topological polar surface area (TPSA) is 108 Å². The van der Waals surface area contributed by atoms with Gasteiger partial charge in [-0.2, -0.15) is 4.98 Å². The molecule has 0 saturated carbocycles. The molecule has 0 saturated heterocycles. The first-order valence-electron chi connectivity index (χ1n) is 11.2. The second-order valence-electron chi connectivity index (χ2n) is 8.22. The van der Waals surface area contributed by atoms with Crippen LogP contribution in [-0.4, -0.2) is 40.3 Å². The van der Waals surface area contributed by atoms with Crippen LogP contribution in [0.3, 0.4) is 0 Å². The number of hydrogen-bond acceptors (Lipinski definition) is 7. The smallest absolute Gasteiger partial charge is 0.247 e. The molecule has 3 N–H and O–H groups in total. The quantitative estimate of drug-likeness (QED) is 0.440. The van der Waals surface area contributed by atoms with Crippen molar-refractivity contribution in [2.24, 2.45) is 0 Å². The molecule has 0 fully saturated rings. The summed E-state index contributed by atoms with van der Waals surface area (Å²) in [5, 5.41) is 9.28. The molecule has 2 amide bonds. The van der Waals surface area contributed by atoms with Crippen LogP contribution in [0, 0.1) is 6.92 Å². The number of fused-ring (bicyclic) bond motifs is 1. The minimum atomic E-state index is -0.280. The Morgan fingerprint density at radius 1 is 1.17 bits per heavy atom. The Morgan fingerprint density at radius 3 is 2.71 bits per heavy atom. The molecule has 2 heterocycles. The van der Waals surface area contributed by atoms with Gasteiger partial charge in [-0.3, -0.25) is 9.59 Å². The van der Waals surface area contributed by atoms with E-state index >= 15 is 0 Å². The molecule has 2 aromatic carbocycles. The third kappa shape index (κ3) is 5.40. The van der Waals surface area contributed by atoms with E-state index in [2.05, 4.69) is 32.5 Å². The molecule has 0 atom stereocenters. The number of nitrogens with one attached hydrogen (secondary N) is 3. The molecule has 1 aromatic heterocycles. The van der Waals surface area contributed by atoms with Gasteiger partial charge in [0.05, 0.1) is 12.8 Å². The molecule has 9 nitrogen and oxygen atoms in total. The third-order valence-corrected chi connectivity index (χ3v) is 5.80. The number of aryl methyl sites for hydroxylation is 1. The Hall–Kier alpha value is -4.40. The zero-order chi connectivity index (χ0) is 24.9. The van der Waals surface area contributed by atoms with Gasteiger partial charge in [0.1, 0.15) is 11.6 Å². The van der Waals surface area contributed by atoms with Crippen LogP contribution in [0.15, 0.2) is 55.3 Å². The number of aromatic nitrogens is 2. The van der Waals surface area contributed by atoms with Crippen molar-refractivity contribution in [1.29, 1.82) is 0 Å². The molecule has 1 aliphatic heterocycles.